The van der Waals surface area contributed by atoms with E-state index in [0.717, 1.165) is 38.5 Å². The van der Waals surface area contributed by atoms with Crippen LogP contribution < -0.4 is 0 Å². The van der Waals surface area contributed by atoms with E-state index in [-0.39, 0.29) is 11.9 Å². The lowest BCUT2D eigenvalue weighted by molar-refractivity contribution is -0.188. The van der Waals surface area contributed by atoms with Gasteiger partial charge in [-0.2, -0.15) is 0 Å². The highest BCUT2D eigenvalue weighted by Crippen LogP contribution is 2.14. The van der Waals surface area contributed by atoms with E-state index in [1.54, 1.807) is 0 Å². The van der Waals surface area contributed by atoms with Crippen LogP contribution in [-0.4, -0.2) is 18.2 Å². The zero-order chi connectivity index (χ0) is 31.5. The van der Waals surface area contributed by atoms with E-state index in [4.69, 9.17) is 9.47 Å². The highest BCUT2D eigenvalue weighted by atomic mass is 16.7. The number of unbranched alkanes of at least 4 members (excludes halogenated alkanes) is 22. The quantitative estimate of drug-likeness (QED) is 0.0323. The Balaban J connectivity index is 3.59. The van der Waals surface area contributed by atoms with Crippen molar-refractivity contribution in [2.75, 3.05) is 0 Å². The average molecular weight is 605 g/mol. The molecule has 0 bridgehead atoms. The Hall–Kier alpha value is -1.58. The molecule has 4 nitrogen and oxygen atoms in total. The summed E-state index contributed by atoms with van der Waals surface area (Å²) in [5, 5.41) is 0. The smallest absolute Gasteiger partial charge is 0.308 e. The average Bonchev–Trinajstić information content (AvgIpc) is 3.00. The summed E-state index contributed by atoms with van der Waals surface area (Å²) in [6.45, 7) is 6.41. The molecule has 0 aromatic carbocycles. The minimum atomic E-state index is -0.744. The van der Waals surface area contributed by atoms with Crippen LogP contribution >= 0.6 is 0 Å². The predicted molar refractivity (Wildman–Crippen MR) is 185 cm³/mol. The maximum atomic E-state index is 12.2. The van der Waals surface area contributed by atoms with Gasteiger partial charge in [-0.1, -0.05) is 148 Å². The van der Waals surface area contributed by atoms with Crippen molar-refractivity contribution >= 4 is 11.9 Å². The number of esters is 2. The van der Waals surface area contributed by atoms with Gasteiger partial charge in [-0.25, -0.2) is 0 Å². The number of carbonyl (C=O) groups is 2. The first kappa shape index (κ1) is 41.4. The van der Waals surface area contributed by atoms with Gasteiger partial charge in [-0.3, -0.25) is 9.59 Å². The number of carbonyl (C=O) groups excluding carboxylic acids is 2. The Morgan fingerprint density at radius 2 is 0.698 bits per heavy atom. The maximum Gasteiger partial charge on any atom is 0.308 e. The number of rotatable bonds is 33. The lowest BCUT2D eigenvalue weighted by Gasteiger charge is -2.16. The number of allylic oxidation sites excluding steroid dienone is 4. The van der Waals surface area contributed by atoms with Crippen LogP contribution in [0.3, 0.4) is 0 Å². The van der Waals surface area contributed by atoms with Gasteiger partial charge in [0, 0.05) is 19.3 Å². The lowest BCUT2D eigenvalue weighted by Crippen LogP contribution is -2.23. The summed E-state index contributed by atoms with van der Waals surface area (Å²) in [6.07, 6.45) is 42.0. The molecule has 0 unspecified atom stereocenters. The first-order valence-electron chi connectivity index (χ1n) is 18.8. The van der Waals surface area contributed by atoms with E-state index in [1.807, 2.05) is 6.92 Å². The standard InChI is InChI=1S/C39H72O4/c1-4-7-9-11-13-15-17-19-21-23-25-27-29-31-33-35-37(40)42-39(6-3)43-38(41)36-34-32-30-28-26-24-22-20-18-16-14-12-10-8-5-2/h19-22,39H,4-18,23-36H2,1-3H3/b21-19-,22-20-. The molecule has 0 aliphatic heterocycles. The van der Waals surface area contributed by atoms with Crippen molar-refractivity contribution in [2.45, 2.75) is 213 Å². The molecule has 0 amide bonds. The second-order valence-corrected chi connectivity index (χ2v) is 12.5. The van der Waals surface area contributed by atoms with E-state index in [2.05, 4.69) is 38.2 Å². The van der Waals surface area contributed by atoms with Crippen molar-refractivity contribution in [1.82, 2.24) is 0 Å². The van der Waals surface area contributed by atoms with Crippen LogP contribution in [0.5, 0.6) is 0 Å². The fraction of sp³-hybridized carbons (Fsp3) is 0.846. The Bertz CT molecular complexity index is 600. The highest BCUT2D eigenvalue weighted by molar-refractivity contribution is 5.71. The number of hydrogen-bond acceptors (Lipinski definition) is 4. The van der Waals surface area contributed by atoms with Gasteiger partial charge in [0.05, 0.1) is 0 Å². The summed E-state index contributed by atoms with van der Waals surface area (Å²) in [6, 6.07) is 0. The minimum absolute atomic E-state index is 0.252. The molecule has 0 aliphatic carbocycles. The van der Waals surface area contributed by atoms with Gasteiger partial charge in [0.2, 0.25) is 6.29 Å². The van der Waals surface area contributed by atoms with Gasteiger partial charge in [0.1, 0.15) is 0 Å². The highest BCUT2D eigenvalue weighted by Gasteiger charge is 2.16. The van der Waals surface area contributed by atoms with Crippen LogP contribution in [-0.2, 0) is 19.1 Å². The van der Waals surface area contributed by atoms with Gasteiger partial charge in [0.15, 0.2) is 0 Å². The summed E-state index contributed by atoms with van der Waals surface area (Å²) < 4.78 is 10.8. The normalized spacial score (nSPS) is 11.7. The van der Waals surface area contributed by atoms with Crippen molar-refractivity contribution in [3.8, 4) is 0 Å². The van der Waals surface area contributed by atoms with Crippen LogP contribution in [0, 0.1) is 0 Å². The van der Waals surface area contributed by atoms with Crippen molar-refractivity contribution in [2.24, 2.45) is 0 Å². The Kier molecular flexibility index (Phi) is 33.6. The molecule has 0 fully saturated rings. The fourth-order valence-electron chi connectivity index (χ4n) is 5.28. The summed E-state index contributed by atoms with van der Waals surface area (Å²) in [4.78, 5) is 24.4. The van der Waals surface area contributed by atoms with Crippen LogP contribution in [0.2, 0.25) is 0 Å². The van der Waals surface area contributed by atoms with Gasteiger partial charge < -0.3 is 9.47 Å². The molecule has 0 N–H and O–H groups in total. The first-order chi connectivity index (χ1) is 21.1. The summed E-state index contributed by atoms with van der Waals surface area (Å²) >= 11 is 0. The Morgan fingerprint density at radius 3 is 1.00 bits per heavy atom. The van der Waals surface area contributed by atoms with Gasteiger partial charge in [0.25, 0.3) is 0 Å². The molecule has 43 heavy (non-hydrogen) atoms. The second kappa shape index (κ2) is 34.9. The molecular weight excluding hydrogens is 532 g/mol. The van der Waals surface area contributed by atoms with E-state index in [0.29, 0.717) is 19.3 Å². The molecule has 0 saturated heterocycles. The van der Waals surface area contributed by atoms with E-state index >= 15 is 0 Å². The van der Waals surface area contributed by atoms with E-state index in [9.17, 15) is 9.59 Å². The zero-order valence-corrected chi connectivity index (χ0v) is 29.0. The molecule has 0 aliphatic rings. The Morgan fingerprint density at radius 1 is 0.419 bits per heavy atom. The largest absolute Gasteiger partial charge is 0.425 e. The third kappa shape index (κ3) is 33.2. The maximum absolute atomic E-state index is 12.2. The predicted octanol–water partition coefficient (Wildman–Crippen LogP) is 12.9. The van der Waals surface area contributed by atoms with E-state index in [1.165, 1.54) is 128 Å². The Labute approximate surface area is 268 Å². The molecule has 0 spiro atoms. The number of ether oxygens (including phenoxy) is 2. The monoisotopic (exact) mass is 605 g/mol. The molecule has 4 heteroatoms. The molecule has 0 atom stereocenters. The van der Waals surface area contributed by atoms with Crippen LogP contribution in [0.4, 0.5) is 0 Å². The zero-order valence-electron chi connectivity index (χ0n) is 29.0. The SMILES string of the molecule is CCCCCCCC/C=C\CCCCCCCC(=O)OC(CC)OC(=O)CCCCCCC/C=C\CCCCCCCC. The molecule has 0 saturated carbocycles. The van der Waals surface area contributed by atoms with Crippen LogP contribution in [0.25, 0.3) is 0 Å². The van der Waals surface area contributed by atoms with Crippen LogP contribution in [0.15, 0.2) is 24.3 Å². The van der Waals surface area contributed by atoms with E-state index < -0.39 is 6.29 Å². The molecule has 0 aromatic heterocycles. The molecule has 0 aromatic rings. The number of hydrogen-bond donors (Lipinski definition) is 0. The molecule has 252 valence electrons. The van der Waals surface area contributed by atoms with Crippen LogP contribution in [0.1, 0.15) is 207 Å². The van der Waals surface area contributed by atoms with Gasteiger partial charge in [-0.15, -0.1) is 0 Å². The summed E-state index contributed by atoms with van der Waals surface area (Å²) in [7, 11) is 0. The third-order valence-corrected chi connectivity index (χ3v) is 8.14. The molecule has 0 heterocycles. The van der Waals surface area contributed by atoms with Crippen molar-refractivity contribution < 1.29 is 19.1 Å². The van der Waals surface area contributed by atoms with Crippen molar-refractivity contribution in [3.63, 3.8) is 0 Å². The molecule has 0 radical (unpaired) electrons. The van der Waals surface area contributed by atoms with Gasteiger partial charge >= 0.3 is 11.9 Å². The lowest BCUT2D eigenvalue weighted by atomic mass is 10.1. The van der Waals surface area contributed by atoms with Crippen molar-refractivity contribution in [1.29, 1.82) is 0 Å². The van der Waals surface area contributed by atoms with Gasteiger partial charge in [-0.05, 0) is 64.2 Å². The van der Waals surface area contributed by atoms with Crippen molar-refractivity contribution in [3.05, 3.63) is 24.3 Å². The molecular formula is C39H72O4. The summed E-state index contributed by atoms with van der Waals surface area (Å²) in [5.41, 5.74) is 0. The minimum Gasteiger partial charge on any atom is -0.425 e. The fourth-order valence-corrected chi connectivity index (χ4v) is 5.28. The molecule has 0 rings (SSSR count). The first-order valence-corrected chi connectivity index (χ1v) is 18.8. The topological polar surface area (TPSA) is 52.6 Å². The summed E-state index contributed by atoms with van der Waals surface area (Å²) in [5.74, 6) is -0.503. The second-order valence-electron chi connectivity index (χ2n) is 12.5. The third-order valence-electron chi connectivity index (χ3n) is 8.14.